The van der Waals surface area contributed by atoms with Crippen LogP contribution in [-0.2, 0) is 20.2 Å². The van der Waals surface area contributed by atoms with E-state index in [1.165, 1.54) is 62.0 Å². The first-order valence-electron chi connectivity index (χ1n) is 9.83. The van der Waals surface area contributed by atoms with E-state index in [9.17, 15) is 35.5 Å². The molecule has 2 aromatic heterocycles. The van der Waals surface area contributed by atoms with Crippen molar-refractivity contribution < 1.29 is 40.1 Å². The molecule has 0 bridgehead atoms. The van der Waals surface area contributed by atoms with E-state index in [1.807, 2.05) is 0 Å². The number of carbonyl (C=O) groups excluding carboxylic acids is 2. The number of benzene rings is 1. The molecule has 2 atom stereocenters. The number of H-pyrrole nitrogens is 2. The van der Waals surface area contributed by atoms with Crippen LogP contribution in [0.2, 0.25) is 0 Å². The van der Waals surface area contributed by atoms with Crippen LogP contribution in [0.4, 0.5) is 0 Å². The van der Waals surface area contributed by atoms with Gasteiger partial charge in [0.15, 0.2) is 16.8 Å². The zero-order chi connectivity index (χ0) is 25.5. The summed E-state index contributed by atoms with van der Waals surface area (Å²) in [6, 6.07) is 8.42. The monoisotopic (exact) mass is 600 g/mol. The molecule has 1 aliphatic carbocycles. The minimum atomic E-state index is -5.25. The van der Waals surface area contributed by atoms with E-state index in [-0.39, 0.29) is 131 Å². The Morgan fingerprint density at radius 2 is 1.59 bits per heavy atom. The second-order valence-electron chi connectivity index (χ2n) is 7.49. The van der Waals surface area contributed by atoms with Crippen LogP contribution in [0.15, 0.2) is 60.0 Å². The fourth-order valence-corrected chi connectivity index (χ4v) is 6.09. The zero-order valence-corrected chi connectivity index (χ0v) is 19.5. The molecule has 2 amide bonds. The molecular formula is C20H20K2N5O8S2+. The molecule has 3 aromatic rings. The molecule has 13 nitrogen and oxygen atoms in total. The second-order valence-corrected chi connectivity index (χ2v) is 10.5. The van der Waals surface area contributed by atoms with Crippen LogP contribution in [-0.4, -0.2) is 184 Å². The van der Waals surface area contributed by atoms with Crippen molar-refractivity contribution in [2.45, 2.75) is 10.5 Å². The van der Waals surface area contributed by atoms with E-state index >= 15 is 0 Å². The Morgan fingerprint density at radius 3 is 2.14 bits per heavy atom. The van der Waals surface area contributed by atoms with E-state index in [4.69, 9.17) is 0 Å². The molecule has 0 fully saturated rings. The molecule has 0 aliphatic heterocycles. The van der Waals surface area contributed by atoms with Crippen molar-refractivity contribution in [3.63, 3.8) is 0 Å². The summed E-state index contributed by atoms with van der Waals surface area (Å²) in [5, 5.41) is -4.44. The number of aromatic nitrogens is 3. The van der Waals surface area contributed by atoms with Crippen molar-refractivity contribution in [3.8, 4) is 0 Å². The molecule has 0 saturated heterocycles. The Labute approximate surface area is 296 Å². The molecule has 0 radical (unpaired) electrons. The maximum absolute atomic E-state index is 13.1. The van der Waals surface area contributed by atoms with Gasteiger partial charge in [0.25, 0.3) is 20.2 Å². The summed E-state index contributed by atoms with van der Waals surface area (Å²) in [5.41, 5.74) is -1.44. The molecular weight excluding hydrogens is 581 g/mol. The summed E-state index contributed by atoms with van der Waals surface area (Å²) in [4.78, 5) is 38.3. The number of nitrogens with zero attached hydrogens (tertiary/aromatic N) is 3. The Balaban J connectivity index is 0.00000241. The van der Waals surface area contributed by atoms with E-state index in [0.717, 1.165) is 4.58 Å². The van der Waals surface area contributed by atoms with Gasteiger partial charge >= 0.3 is 115 Å². The maximum atomic E-state index is 13.1. The molecule has 2 heterocycles. The first-order chi connectivity index (χ1) is 16.4. The van der Waals surface area contributed by atoms with Gasteiger partial charge in [0.1, 0.15) is 7.05 Å². The van der Waals surface area contributed by atoms with Gasteiger partial charge in [-0.3, -0.25) is 13.9 Å². The minimum absolute atomic E-state index is 0. The van der Waals surface area contributed by atoms with Gasteiger partial charge in [0, 0.05) is 24.2 Å². The van der Waals surface area contributed by atoms with Gasteiger partial charge in [-0.1, -0.05) is 18.2 Å². The Hall–Kier alpha value is -0.517. The van der Waals surface area contributed by atoms with E-state index < -0.39 is 48.3 Å². The van der Waals surface area contributed by atoms with E-state index in [0.29, 0.717) is 0 Å². The third-order valence-electron chi connectivity index (χ3n) is 5.33. The third-order valence-corrected chi connectivity index (χ3v) is 7.48. The Kier molecular flexibility index (Phi) is 11.3. The van der Waals surface area contributed by atoms with Crippen LogP contribution in [0.1, 0.15) is 37.5 Å². The standard InChI is InChI=1S/C20H17N5O8S2.2K.2H/c1-25(20(27)13-7-4-8-21-13)15-11-5-2-3-6-12(11)16(34(28,29)30)14(17(15)35(31,32)33)24-19(26)18-22-9-10-23-18;;;;/h2-10,16-17H,1H3,(H3-,21,22,23,26,27,28,29,30,31,32,33);;;;/p+1. The van der Waals surface area contributed by atoms with Crippen LogP contribution in [0.5, 0.6) is 0 Å². The van der Waals surface area contributed by atoms with Crippen molar-refractivity contribution in [1.82, 2.24) is 15.0 Å². The summed E-state index contributed by atoms with van der Waals surface area (Å²) >= 11 is 0. The van der Waals surface area contributed by atoms with Gasteiger partial charge in [-0.25, -0.2) is 14.8 Å². The Bertz CT molecular complexity index is 1600. The summed E-state index contributed by atoms with van der Waals surface area (Å²) in [6.45, 7) is 0. The van der Waals surface area contributed by atoms with Crippen molar-refractivity contribution in [1.29, 1.82) is 0 Å². The number of aliphatic imine (C=N–C) groups is 1. The molecule has 4 rings (SSSR count). The topological polar surface area (TPSA) is 203 Å². The zero-order valence-electron chi connectivity index (χ0n) is 17.9. The molecule has 186 valence electrons. The van der Waals surface area contributed by atoms with Gasteiger partial charge in [0.05, 0.1) is 5.71 Å². The van der Waals surface area contributed by atoms with Gasteiger partial charge in [-0.15, -0.1) is 0 Å². The van der Waals surface area contributed by atoms with Crippen LogP contribution in [0.25, 0.3) is 0 Å². The van der Waals surface area contributed by atoms with Crippen molar-refractivity contribution in [3.05, 3.63) is 77.6 Å². The normalized spacial score (nSPS) is 19.8. The van der Waals surface area contributed by atoms with Crippen molar-refractivity contribution >= 4 is 146 Å². The van der Waals surface area contributed by atoms with E-state index in [2.05, 4.69) is 19.9 Å². The second kappa shape index (κ2) is 12.8. The molecule has 1 aliphatic rings. The molecule has 0 spiro atoms. The fraction of sp³-hybridized carbons (Fsp3) is 0.150. The van der Waals surface area contributed by atoms with Gasteiger partial charge in [-0.2, -0.15) is 21.4 Å². The van der Waals surface area contributed by atoms with Crippen LogP contribution >= 0.6 is 0 Å². The quantitative estimate of drug-likeness (QED) is 0.168. The summed E-state index contributed by atoms with van der Waals surface area (Å²) in [5.74, 6) is -2.24. The average Bonchev–Trinajstić information content (AvgIpc) is 3.50. The average molecular weight is 601 g/mol. The number of imidazole rings is 1. The number of hydrogen-bond donors (Lipinski definition) is 4. The fourth-order valence-electron chi connectivity index (χ4n) is 3.92. The molecule has 0 saturated carbocycles. The molecule has 17 heteroatoms. The van der Waals surface area contributed by atoms with Crippen LogP contribution < -0.4 is 0 Å². The number of carbonyl (C=O) groups is 2. The number of nitrogens with one attached hydrogen (secondary N) is 2. The predicted molar refractivity (Wildman–Crippen MR) is 136 cm³/mol. The predicted octanol–water partition coefficient (Wildman–Crippen LogP) is -0.807. The van der Waals surface area contributed by atoms with Crippen molar-refractivity contribution in [2.24, 2.45) is 4.99 Å². The molecule has 37 heavy (non-hydrogen) atoms. The number of amides is 2. The molecule has 2 unspecified atom stereocenters. The number of fused-ring (bicyclic) bond motifs is 1. The number of hydrogen-bond acceptors (Lipinski definition) is 7. The number of aromatic amines is 2. The van der Waals surface area contributed by atoms with Crippen LogP contribution in [0.3, 0.4) is 0 Å². The van der Waals surface area contributed by atoms with Gasteiger partial charge in [0.2, 0.25) is 11.0 Å². The first kappa shape index (κ1) is 32.7. The molecule has 4 N–H and O–H groups in total. The molecule has 1 aromatic carbocycles. The Morgan fingerprint density at radius 1 is 0.946 bits per heavy atom. The summed E-state index contributed by atoms with van der Waals surface area (Å²) in [6.07, 6.45) is 3.96. The SMILES string of the molecule is C[N+](C(=O)c1ccc[nH]1)=C1c2ccccc2C(S(=O)(=O)O)C(=NC(=O)c2ncc[nH]2)C1S(=O)(=O)O.[KH].[KH]. The van der Waals surface area contributed by atoms with Gasteiger partial charge < -0.3 is 9.97 Å². The van der Waals surface area contributed by atoms with Crippen molar-refractivity contribution in [2.75, 3.05) is 7.05 Å². The summed E-state index contributed by atoms with van der Waals surface area (Å²) in [7, 11) is -9.16. The van der Waals surface area contributed by atoms with E-state index in [1.54, 1.807) is 0 Å². The first-order valence-corrected chi connectivity index (χ1v) is 12.8. The summed E-state index contributed by atoms with van der Waals surface area (Å²) < 4.78 is 71.4. The van der Waals surface area contributed by atoms with Gasteiger partial charge in [-0.05, 0) is 23.8 Å². The third kappa shape index (κ3) is 6.80. The van der Waals surface area contributed by atoms with Crippen LogP contribution in [0, 0.1) is 0 Å². The number of rotatable bonds is 4.